The SMILES string of the molecule is Nc1c(F)c(F)c(F)c2c1CC=C=C=C=C2F. The summed E-state index contributed by atoms with van der Waals surface area (Å²) in [4.78, 5) is 0. The maximum absolute atomic E-state index is 13.5. The fourth-order valence-electron chi connectivity index (χ4n) is 1.52. The molecule has 0 spiro atoms. The molecule has 1 aliphatic rings. The molecule has 1 aromatic rings. The van der Waals surface area contributed by atoms with Crippen molar-refractivity contribution in [2.45, 2.75) is 6.42 Å². The Morgan fingerprint density at radius 3 is 2.47 bits per heavy atom. The molecule has 1 aliphatic carbocycles. The van der Waals surface area contributed by atoms with E-state index in [1.165, 1.54) is 6.08 Å². The largest absolute Gasteiger partial charge is 0.396 e. The van der Waals surface area contributed by atoms with E-state index in [1.807, 2.05) is 5.73 Å². The summed E-state index contributed by atoms with van der Waals surface area (Å²) in [6.07, 6.45) is 1.27. The van der Waals surface area contributed by atoms with Gasteiger partial charge in [0.1, 0.15) is 0 Å². The Morgan fingerprint density at radius 1 is 1.06 bits per heavy atom. The van der Waals surface area contributed by atoms with E-state index < -0.39 is 34.5 Å². The highest BCUT2D eigenvalue weighted by Crippen LogP contribution is 2.33. The van der Waals surface area contributed by atoms with Crippen LogP contribution in [0, 0.1) is 17.5 Å². The lowest BCUT2D eigenvalue weighted by Crippen LogP contribution is -2.08. The van der Waals surface area contributed by atoms with Gasteiger partial charge in [-0.25, -0.2) is 13.2 Å². The van der Waals surface area contributed by atoms with Gasteiger partial charge in [0.25, 0.3) is 0 Å². The molecule has 5 heteroatoms. The number of allylic oxidation sites excluding steroid dienone is 1. The number of halogens is 4. The fraction of sp³-hybridized carbons (Fsp3) is 0.0833. The normalized spacial score (nSPS) is 13.1. The van der Waals surface area contributed by atoms with Crippen LogP contribution in [0.5, 0.6) is 0 Å². The van der Waals surface area contributed by atoms with E-state index in [9.17, 15) is 17.6 Å². The standard InChI is InChI=1S/C12H5F4N/c13-7-5-3-1-2-4-6-8(7)9(14)10(15)11(16)12(6)17/h2H,4,17H2. The molecule has 0 fully saturated rings. The summed E-state index contributed by atoms with van der Waals surface area (Å²) in [5.74, 6) is -6.12. The first kappa shape index (κ1) is 11.3. The number of anilines is 1. The number of hydrogen-bond donors (Lipinski definition) is 1. The predicted molar refractivity (Wildman–Crippen MR) is 54.1 cm³/mol. The molecule has 0 saturated heterocycles. The van der Waals surface area contributed by atoms with E-state index in [4.69, 9.17) is 5.73 Å². The number of hydrogen-bond acceptors (Lipinski definition) is 1. The zero-order valence-corrected chi connectivity index (χ0v) is 8.37. The number of fused-ring (bicyclic) bond motifs is 1. The lowest BCUT2D eigenvalue weighted by Gasteiger charge is -2.12. The van der Waals surface area contributed by atoms with Crippen molar-refractivity contribution in [1.82, 2.24) is 0 Å². The minimum Gasteiger partial charge on any atom is -0.396 e. The van der Waals surface area contributed by atoms with Crippen molar-refractivity contribution >= 4 is 11.5 Å². The Morgan fingerprint density at radius 2 is 1.76 bits per heavy atom. The van der Waals surface area contributed by atoms with Gasteiger partial charge in [0.2, 0.25) is 0 Å². The Kier molecular flexibility index (Phi) is 2.66. The van der Waals surface area contributed by atoms with Crippen LogP contribution in [0.25, 0.3) is 5.83 Å². The quantitative estimate of drug-likeness (QED) is 0.320. The summed E-state index contributed by atoms with van der Waals surface area (Å²) >= 11 is 0. The van der Waals surface area contributed by atoms with Gasteiger partial charge in [-0.2, -0.15) is 4.39 Å². The number of nitrogen functional groups attached to an aromatic ring is 1. The summed E-state index contributed by atoms with van der Waals surface area (Å²) in [5.41, 5.74) is 10.3. The predicted octanol–water partition coefficient (Wildman–Crippen LogP) is 3.02. The Labute approximate surface area is 93.9 Å². The minimum atomic E-state index is -1.80. The minimum absolute atomic E-state index is 0.0720. The van der Waals surface area contributed by atoms with Crippen molar-refractivity contribution in [2.75, 3.05) is 5.73 Å². The first-order valence-corrected chi connectivity index (χ1v) is 4.60. The van der Waals surface area contributed by atoms with E-state index >= 15 is 0 Å². The van der Waals surface area contributed by atoms with Crippen LogP contribution < -0.4 is 5.73 Å². The van der Waals surface area contributed by atoms with Crippen molar-refractivity contribution in [3.05, 3.63) is 51.8 Å². The van der Waals surface area contributed by atoms with Gasteiger partial charge in [-0.05, 0) is 23.1 Å². The summed E-state index contributed by atoms with van der Waals surface area (Å²) < 4.78 is 53.2. The molecule has 0 unspecified atom stereocenters. The van der Waals surface area contributed by atoms with Gasteiger partial charge in [0.15, 0.2) is 23.3 Å². The van der Waals surface area contributed by atoms with E-state index in [0.29, 0.717) is 0 Å². The summed E-state index contributed by atoms with van der Waals surface area (Å²) in [5, 5.41) is 0. The second-order valence-electron chi connectivity index (χ2n) is 3.33. The van der Waals surface area contributed by atoms with Crippen LogP contribution in [0.3, 0.4) is 0 Å². The van der Waals surface area contributed by atoms with Crippen LogP contribution in [-0.2, 0) is 6.42 Å². The van der Waals surface area contributed by atoms with Gasteiger partial charge in [0, 0.05) is 6.42 Å². The lowest BCUT2D eigenvalue weighted by atomic mass is 9.99. The van der Waals surface area contributed by atoms with Crippen LogP contribution in [0.1, 0.15) is 11.1 Å². The van der Waals surface area contributed by atoms with Crippen molar-refractivity contribution < 1.29 is 17.6 Å². The molecule has 0 saturated carbocycles. The highest BCUT2D eigenvalue weighted by atomic mass is 19.2. The number of nitrogens with two attached hydrogens (primary N) is 1. The van der Waals surface area contributed by atoms with Crippen molar-refractivity contribution in [1.29, 1.82) is 0 Å². The van der Waals surface area contributed by atoms with Gasteiger partial charge in [0.05, 0.1) is 11.3 Å². The smallest absolute Gasteiger partial charge is 0.197 e. The molecule has 0 aromatic heterocycles. The fourth-order valence-corrected chi connectivity index (χ4v) is 1.52. The zero-order chi connectivity index (χ0) is 12.6. The Bertz CT molecular complexity index is 641. The van der Waals surface area contributed by atoms with E-state index in [1.54, 1.807) is 0 Å². The first-order valence-electron chi connectivity index (χ1n) is 4.60. The molecule has 0 amide bonds. The second kappa shape index (κ2) is 4.00. The highest BCUT2D eigenvalue weighted by Gasteiger charge is 2.25. The Balaban J connectivity index is 2.94. The van der Waals surface area contributed by atoms with Crippen LogP contribution in [0.15, 0.2) is 23.3 Å². The molecule has 0 radical (unpaired) electrons. The van der Waals surface area contributed by atoms with Crippen molar-refractivity contribution in [3.8, 4) is 0 Å². The molecule has 2 rings (SSSR count). The number of benzene rings is 1. The third-order valence-electron chi connectivity index (χ3n) is 2.34. The monoisotopic (exact) mass is 239 g/mol. The molecular formula is C12H5F4N. The molecule has 17 heavy (non-hydrogen) atoms. The van der Waals surface area contributed by atoms with Gasteiger partial charge in [-0.3, -0.25) is 0 Å². The lowest BCUT2D eigenvalue weighted by molar-refractivity contribution is 0.445. The molecule has 86 valence electrons. The molecule has 0 bridgehead atoms. The molecule has 0 heterocycles. The van der Waals surface area contributed by atoms with E-state index in [0.717, 1.165) is 0 Å². The van der Waals surface area contributed by atoms with Crippen LogP contribution in [0.2, 0.25) is 0 Å². The first-order chi connectivity index (χ1) is 8.04. The molecular weight excluding hydrogens is 234 g/mol. The van der Waals surface area contributed by atoms with Crippen molar-refractivity contribution in [3.63, 3.8) is 0 Å². The van der Waals surface area contributed by atoms with E-state index in [2.05, 4.69) is 11.5 Å². The third-order valence-corrected chi connectivity index (χ3v) is 2.34. The average Bonchev–Trinajstić information content (AvgIpc) is 2.29. The van der Waals surface area contributed by atoms with Gasteiger partial charge < -0.3 is 5.73 Å². The van der Waals surface area contributed by atoms with Crippen LogP contribution in [0.4, 0.5) is 23.2 Å². The van der Waals surface area contributed by atoms with E-state index in [-0.39, 0.29) is 12.0 Å². The van der Waals surface area contributed by atoms with Gasteiger partial charge in [-0.15, -0.1) is 0 Å². The molecule has 1 nitrogen and oxygen atoms in total. The van der Waals surface area contributed by atoms with Gasteiger partial charge >= 0.3 is 0 Å². The molecule has 1 aromatic carbocycles. The molecule has 0 atom stereocenters. The maximum Gasteiger partial charge on any atom is 0.197 e. The summed E-state index contributed by atoms with van der Waals surface area (Å²) in [6, 6.07) is 0. The maximum atomic E-state index is 13.5. The Hall–Kier alpha value is -2.18. The molecule has 2 N–H and O–H groups in total. The summed E-state index contributed by atoms with van der Waals surface area (Å²) in [7, 11) is 0. The highest BCUT2D eigenvalue weighted by molar-refractivity contribution is 5.69. The third kappa shape index (κ3) is 1.69. The zero-order valence-electron chi connectivity index (χ0n) is 8.37. The topological polar surface area (TPSA) is 26.0 Å². The molecule has 0 aliphatic heterocycles. The van der Waals surface area contributed by atoms with Crippen molar-refractivity contribution in [2.24, 2.45) is 0 Å². The number of rotatable bonds is 0. The van der Waals surface area contributed by atoms with Crippen LogP contribution in [-0.4, -0.2) is 0 Å². The van der Waals surface area contributed by atoms with Crippen LogP contribution >= 0.6 is 0 Å². The second-order valence-corrected chi connectivity index (χ2v) is 3.33. The summed E-state index contributed by atoms with van der Waals surface area (Å²) in [6.45, 7) is 0. The van der Waals surface area contributed by atoms with Gasteiger partial charge in [-0.1, -0.05) is 5.73 Å². The average molecular weight is 239 g/mol.